The van der Waals surface area contributed by atoms with Crippen LogP contribution >= 0.6 is 11.3 Å². The lowest BCUT2D eigenvalue weighted by Gasteiger charge is -2.31. The molecule has 1 fully saturated rings. The number of methoxy groups -OCH3 is 1. The minimum Gasteiger partial charge on any atom is -0.496 e. The van der Waals surface area contributed by atoms with Crippen LogP contribution in [0.2, 0.25) is 0 Å². The zero-order valence-corrected chi connectivity index (χ0v) is 20.8. The maximum atomic E-state index is 14.1. The summed E-state index contributed by atoms with van der Waals surface area (Å²) in [5, 5.41) is 6.00. The number of anilines is 1. The molecule has 2 aromatic carbocycles. The number of carbonyl (C=O) groups is 2. The third-order valence-corrected chi connectivity index (χ3v) is 7.38. The Labute approximate surface area is 211 Å². The summed E-state index contributed by atoms with van der Waals surface area (Å²) in [5.41, 5.74) is 2.25. The van der Waals surface area contributed by atoms with Gasteiger partial charge in [0.25, 0.3) is 11.8 Å². The van der Waals surface area contributed by atoms with Gasteiger partial charge in [-0.05, 0) is 49.6 Å². The number of ether oxygens (including phenoxy) is 1. The van der Waals surface area contributed by atoms with Gasteiger partial charge in [0.05, 0.1) is 23.3 Å². The average molecular weight is 505 g/mol. The smallest absolute Gasteiger partial charge is 0.275 e. The van der Waals surface area contributed by atoms with Crippen molar-refractivity contribution in [3.05, 3.63) is 81.7 Å². The number of hydrogen-bond acceptors (Lipinski definition) is 6. The normalized spacial score (nSPS) is 14.1. The van der Waals surface area contributed by atoms with E-state index in [4.69, 9.17) is 4.74 Å². The Morgan fingerprint density at radius 2 is 1.86 bits per heavy atom. The molecule has 2 amide bonds. The number of piperidine rings is 1. The van der Waals surface area contributed by atoms with Crippen LogP contribution in [-0.4, -0.2) is 46.9 Å². The SMILES string of the molecule is COc1cc(C(=O)N2CCC(c3nc(C(=O)Nc4ccc(C)cc4F)cs3)CC2)nc2ccccc12. The molecule has 1 N–H and O–H groups in total. The van der Waals surface area contributed by atoms with E-state index in [2.05, 4.69) is 15.3 Å². The molecule has 4 aromatic rings. The highest BCUT2D eigenvalue weighted by Crippen LogP contribution is 2.32. The lowest BCUT2D eigenvalue weighted by Crippen LogP contribution is -2.38. The molecule has 0 aliphatic carbocycles. The van der Waals surface area contributed by atoms with Crippen LogP contribution in [-0.2, 0) is 0 Å². The molecule has 0 unspecified atom stereocenters. The molecule has 0 spiro atoms. The Morgan fingerprint density at radius 1 is 1.08 bits per heavy atom. The molecule has 0 saturated carbocycles. The number of benzene rings is 2. The molecule has 0 bridgehead atoms. The molecule has 0 radical (unpaired) electrons. The van der Waals surface area contributed by atoms with Crippen LogP contribution in [0.3, 0.4) is 0 Å². The number of fused-ring (bicyclic) bond motifs is 1. The fraction of sp³-hybridized carbons (Fsp3) is 0.259. The van der Waals surface area contributed by atoms with Crippen molar-refractivity contribution < 1.29 is 18.7 Å². The number of amides is 2. The highest BCUT2D eigenvalue weighted by Gasteiger charge is 2.28. The molecule has 0 atom stereocenters. The number of thiazole rings is 1. The number of nitrogens with zero attached hydrogens (tertiary/aromatic N) is 3. The van der Waals surface area contributed by atoms with Gasteiger partial charge in [0.15, 0.2) is 0 Å². The van der Waals surface area contributed by atoms with Gasteiger partial charge in [-0.3, -0.25) is 9.59 Å². The van der Waals surface area contributed by atoms with E-state index >= 15 is 0 Å². The van der Waals surface area contributed by atoms with E-state index in [0.29, 0.717) is 30.0 Å². The topological polar surface area (TPSA) is 84.4 Å². The van der Waals surface area contributed by atoms with Crippen molar-refractivity contribution in [2.75, 3.05) is 25.5 Å². The first kappa shape index (κ1) is 23.9. The van der Waals surface area contributed by atoms with Crippen molar-refractivity contribution in [1.82, 2.24) is 14.9 Å². The number of aryl methyl sites for hydroxylation is 1. The number of rotatable bonds is 5. The van der Waals surface area contributed by atoms with E-state index in [0.717, 1.165) is 28.8 Å². The second-order valence-corrected chi connectivity index (χ2v) is 9.69. The first-order valence-electron chi connectivity index (χ1n) is 11.7. The molecule has 3 heterocycles. The predicted octanol–water partition coefficient (Wildman–Crippen LogP) is 5.42. The minimum absolute atomic E-state index is 0.128. The van der Waals surface area contributed by atoms with Crippen molar-refractivity contribution in [3.63, 3.8) is 0 Å². The fourth-order valence-electron chi connectivity index (χ4n) is 4.40. The molecule has 9 heteroatoms. The molecule has 2 aromatic heterocycles. The average Bonchev–Trinajstić information content (AvgIpc) is 3.40. The van der Waals surface area contributed by atoms with Crippen LogP contribution in [0.5, 0.6) is 5.75 Å². The molecular weight excluding hydrogens is 479 g/mol. The van der Waals surface area contributed by atoms with E-state index in [1.54, 1.807) is 42.5 Å². The van der Waals surface area contributed by atoms with Gasteiger partial charge in [-0.2, -0.15) is 0 Å². The summed E-state index contributed by atoms with van der Waals surface area (Å²) in [6.45, 7) is 2.92. The summed E-state index contributed by atoms with van der Waals surface area (Å²) < 4.78 is 19.6. The number of carbonyl (C=O) groups excluding carboxylic acids is 2. The van der Waals surface area contributed by atoms with Crippen molar-refractivity contribution in [3.8, 4) is 5.75 Å². The second kappa shape index (κ2) is 10.0. The Kier molecular flexibility index (Phi) is 6.65. The zero-order chi connectivity index (χ0) is 25.2. The van der Waals surface area contributed by atoms with Crippen molar-refractivity contribution in [2.45, 2.75) is 25.7 Å². The van der Waals surface area contributed by atoms with Crippen LogP contribution in [0.15, 0.2) is 53.9 Å². The lowest BCUT2D eigenvalue weighted by molar-refractivity contribution is 0.0707. The van der Waals surface area contributed by atoms with E-state index in [-0.39, 0.29) is 23.2 Å². The van der Waals surface area contributed by atoms with E-state index in [1.165, 1.54) is 17.4 Å². The van der Waals surface area contributed by atoms with Crippen molar-refractivity contribution >= 4 is 39.7 Å². The quantitative estimate of drug-likeness (QED) is 0.392. The zero-order valence-electron chi connectivity index (χ0n) is 20.0. The summed E-state index contributed by atoms with van der Waals surface area (Å²) in [6.07, 6.45) is 1.47. The molecule has 1 aliphatic rings. The maximum absolute atomic E-state index is 14.1. The number of hydrogen-bond donors (Lipinski definition) is 1. The summed E-state index contributed by atoms with van der Waals surface area (Å²) >= 11 is 1.42. The molecule has 1 aliphatic heterocycles. The first-order chi connectivity index (χ1) is 17.4. The van der Waals surface area contributed by atoms with Gasteiger partial charge in [-0.15, -0.1) is 11.3 Å². The van der Waals surface area contributed by atoms with Crippen LogP contribution in [0.4, 0.5) is 10.1 Å². The highest BCUT2D eigenvalue weighted by molar-refractivity contribution is 7.10. The van der Waals surface area contributed by atoms with Crippen LogP contribution < -0.4 is 10.1 Å². The van der Waals surface area contributed by atoms with Gasteiger partial charge >= 0.3 is 0 Å². The predicted molar refractivity (Wildman–Crippen MR) is 137 cm³/mol. The van der Waals surface area contributed by atoms with Gasteiger partial charge < -0.3 is 15.0 Å². The number of halogens is 1. The largest absolute Gasteiger partial charge is 0.496 e. The van der Waals surface area contributed by atoms with Gasteiger partial charge in [-0.1, -0.05) is 18.2 Å². The Hall–Kier alpha value is -3.85. The molecule has 5 rings (SSSR count). The second-order valence-electron chi connectivity index (χ2n) is 8.80. The number of pyridine rings is 1. The summed E-state index contributed by atoms with van der Waals surface area (Å²) in [5.74, 6) is -0.274. The maximum Gasteiger partial charge on any atom is 0.275 e. The van der Waals surface area contributed by atoms with Gasteiger partial charge in [0.1, 0.15) is 23.0 Å². The van der Waals surface area contributed by atoms with Gasteiger partial charge in [0.2, 0.25) is 0 Å². The third-order valence-electron chi connectivity index (χ3n) is 6.38. The third kappa shape index (κ3) is 4.79. The van der Waals surface area contributed by atoms with Crippen molar-refractivity contribution in [2.24, 2.45) is 0 Å². The van der Waals surface area contributed by atoms with Crippen molar-refractivity contribution in [1.29, 1.82) is 0 Å². The Bertz CT molecular complexity index is 1450. The van der Waals surface area contributed by atoms with E-state index in [9.17, 15) is 14.0 Å². The molecule has 184 valence electrons. The number of likely N-dealkylation sites (tertiary alicyclic amines) is 1. The number of para-hydroxylation sites is 1. The van der Waals surface area contributed by atoms with Crippen LogP contribution in [0.1, 0.15) is 50.3 Å². The molecular formula is C27H25FN4O3S. The Morgan fingerprint density at radius 3 is 2.61 bits per heavy atom. The summed E-state index contributed by atoms with van der Waals surface area (Å²) in [4.78, 5) is 36.6. The summed E-state index contributed by atoms with van der Waals surface area (Å²) in [6, 6.07) is 13.9. The molecule has 1 saturated heterocycles. The number of aromatic nitrogens is 2. The number of nitrogens with one attached hydrogen (secondary N) is 1. The van der Waals surface area contributed by atoms with E-state index < -0.39 is 11.7 Å². The van der Waals surface area contributed by atoms with Crippen LogP contribution in [0.25, 0.3) is 10.9 Å². The van der Waals surface area contributed by atoms with Gasteiger partial charge in [-0.25, -0.2) is 14.4 Å². The molecule has 36 heavy (non-hydrogen) atoms. The Balaban J connectivity index is 1.23. The summed E-state index contributed by atoms with van der Waals surface area (Å²) in [7, 11) is 1.58. The van der Waals surface area contributed by atoms with Gasteiger partial charge in [0, 0.05) is 35.8 Å². The standard InChI is InChI=1S/C27H25FN4O3S/c1-16-7-8-21(19(28)13-16)30-25(33)23-15-36-26(31-23)17-9-11-32(12-10-17)27(34)22-14-24(35-2)18-5-3-4-6-20(18)29-22/h3-8,13-15,17H,9-12H2,1-2H3,(H,30,33). The fourth-order valence-corrected chi connectivity index (χ4v) is 5.37. The first-order valence-corrected chi connectivity index (χ1v) is 12.6. The lowest BCUT2D eigenvalue weighted by atomic mass is 9.97. The minimum atomic E-state index is -0.477. The van der Waals surface area contributed by atoms with E-state index in [1.807, 2.05) is 24.3 Å². The highest BCUT2D eigenvalue weighted by atomic mass is 32.1. The van der Waals surface area contributed by atoms with Crippen LogP contribution in [0, 0.1) is 12.7 Å². The molecule has 7 nitrogen and oxygen atoms in total. The monoisotopic (exact) mass is 504 g/mol.